The molecule has 0 aliphatic rings. The number of hydrogen-bond donors (Lipinski definition) is 1. The molecular formula is C19H21F17O2. The Kier molecular flexibility index (Phi) is 10.9. The highest BCUT2D eigenvalue weighted by molar-refractivity contribution is 5.71. The number of aliphatic carboxylic acids is 1. The first-order valence-corrected chi connectivity index (χ1v) is 10.6. The van der Waals surface area contributed by atoms with E-state index in [0.29, 0.717) is 19.3 Å². The summed E-state index contributed by atoms with van der Waals surface area (Å²) in [4.78, 5) is 11.0. The van der Waals surface area contributed by atoms with Crippen LogP contribution in [0.4, 0.5) is 74.6 Å². The summed E-state index contributed by atoms with van der Waals surface area (Å²) in [6.07, 6.45) is -7.73. The Balaban J connectivity index is 6.35. The fraction of sp³-hybridized carbons (Fsp3) is 0.947. The molecule has 0 rings (SSSR count). The Morgan fingerprint density at radius 1 is 0.526 bits per heavy atom. The molecule has 0 fully saturated rings. The van der Waals surface area contributed by atoms with Crippen molar-refractivity contribution in [3.63, 3.8) is 0 Å². The van der Waals surface area contributed by atoms with Crippen LogP contribution in [0.15, 0.2) is 0 Å². The molecule has 1 atom stereocenters. The van der Waals surface area contributed by atoms with Gasteiger partial charge < -0.3 is 5.11 Å². The molecule has 228 valence electrons. The largest absolute Gasteiger partial charge is 0.481 e. The van der Waals surface area contributed by atoms with Crippen LogP contribution in [0.1, 0.15) is 58.3 Å². The lowest BCUT2D eigenvalue weighted by molar-refractivity contribution is -0.463. The summed E-state index contributed by atoms with van der Waals surface area (Å²) in [5.41, 5.74) is 0. The zero-order chi connectivity index (χ0) is 30.8. The summed E-state index contributed by atoms with van der Waals surface area (Å²) in [5, 5.41) is 8.76. The minimum absolute atomic E-state index is 0.178. The van der Waals surface area contributed by atoms with E-state index in [-0.39, 0.29) is 12.8 Å². The molecule has 0 aromatic rings. The third kappa shape index (κ3) is 5.89. The monoisotopic (exact) mass is 604 g/mol. The van der Waals surface area contributed by atoms with Crippen LogP contribution in [0.3, 0.4) is 0 Å². The molecule has 1 unspecified atom stereocenters. The van der Waals surface area contributed by atoms with E-state index in [0.717, 1.165) is 6.42 Å². The van der Waals surface area contributed by atoms with Crippen LogP contribution in [0, 0.1) is 5.92 Å². The maximum absolute atomic E-state index is 14.2. The van der Waals surface area contributed by atoms with Gasteiger partial charge in [-0.2, -0.15) is 74.6 Å². The standard InChI is InChI=1S/C19H21F17O2/c1-2-3-4-5-6-7-8-9-10(11(37)38)12(20,21)13(22,23)14(24,25)15(26,27)16(28,29)17(30,31)18(32,33)19(34,35)36/h10H,2-9H2,1H3,(H,37,38). The quantitative estimate of drug-likeness (QED) is 0.141. The van der Waals surface area contributed by atoms with Crippen molar-refractivity contribution < 1.29 is 84.5 Å². The number of carbonyl (C=O) groups is 1. The molecule has 19 heteroatoms. The molecule has 0 heterocycles. The van der Waals surface area contributed by atoms with E-state index >= 15 is 0 Å². The van der Waals surface area contributed by atoms with Crippen molar-refractivity contribution in [1.82, 2.24) is 0 Å². The maximum atomic E-state index is 14.2. The average Bonchev–Trinajstić information content (AvgIpc) is 2.73. The molecular weight excluding hydrogens is 583 g/mol. The van der Waals surface area contributed by atoms with E-state index in [4.69, 9.17) is 5.11 Å². The number of unbranched alkanes of at least 4 members (excludes halogenated alkanes) is 6. The minimum Gasteiger partial charge on any atom is -0.481 e. The van der Waals surface area contributed by atoms with Crippen molar-refractivity contribution in [3.8, 4) is 0 Å². The van der Waals surface area contributed by atoms with Crippen LogP contribution in [0.5, 0.6) is 0 Å². The van der Waals surface area contributed by atoms with Gasteiger partial charge in [-0.3, -0.25) is 4.79 Å². The lowest BCUT2D eigenvalue weighted by atomic mass is 9.83. The maximum Gasteiger partial charge on any atom is 0.460 e. The van der Waals surface area contributed by atoms with Crippen molar-refractivity contribution in [2.24, 2.45) is 5.92 Å². The molecule has 38 heavy (non-hydrogen) atoms. The zero-order valence-electron chi connectivity index (χ0n) is 19.0. The predicted molar refractivity (Wildman–Crippen MR) is 94.4 cm³/mol. The lowest BCUT2D eigenvalue weighted by Gasteiger charge is -2.43. The van der Waals surface area contributed by atoms with Crippen LogP contribution in [0.2, 0.25) is 0 Å². The molecule has 0 aliphatic carbocycles. The molecule has 0 aromatic carbocycles. The van der Waals surface area contributed by atoms with E-state index in [2.05, 4.69) is 0 Å². The summed E-state index contributed by atoms with van der Waals surface area (Å²) >= 11 is 0. The Morgan fingerprint density at radius 2 is 0.842 bits per heavy atom. The third-order valence-corrected chi connectivity index (χ3v) is 5.58. The molecule has 1 N–H and O–H groups in total. The van der Waals surface area contributed by atoms with E-state index in [1.165, 1.54) is 0 Å². The van der Waals surface area contributed by atoms with Gasteiger partial charge >= 0.3 is 53.6 Å². The predicted octanol–water partition coefficient (Wildman–Crippen LogP) is 8.84. The molecule has 0 amide bonds. The minimum atomic E-state index is -8.74. The summed E-state index contributed by atoms with van der Waals surface area (Å²) in [7, 11) is 0. The molecule has 0 saturated heterocycles. The van der Waals surface area contributed by atoms with Crippen LogP contribution < -0.4 is 0 Å². The second-order valence-electron chi connectivity index (χ2n) is 8.37. The highest BCUT2D eigenvalue weighted by atomic mass is 19.4. The number of alkyl halides is 17. The van der Waals surface area contributed by atoms with Gasteiger partial charge in [-0.05, 0) is 6.42 Å². The van der Waals surface area contributed by atoms with E-state index in [9.17, 15) is 79.4 Å². The van der Waals surface area contributed by atoms with Crippen molar-refractivity contribution in [1.29, 1.82) is 0 Å². The van der Waals surface area contributed by atoms with Crippen molar-refractivity contribution in [3.05, 3.63) is 0 Å². The summed E-state index contributed by atoms with van der Waals surface area (Å²) in [5.74, 6) is -64.7. The Hall–Kier alpha value is -1.72. The SMILES string of the molecule is CCCCCCCCCC(C(=O)O)C(F)(F)C(F)(F)C(F)(F)C(F)(F)C(F)(F)C(F)(F)C(F)(F)C(F)(F)F. The lowest BCUT2D eigenvalue weighted by Crippen LogP contribution is -2.75. The van der Waals surface area contributed by atoms with Gasteiger partial charge in [-0.25, -0.2) is 0 Å². The van der Waals surface area contributed by atoms with Crippen molar-refractivity contribution in [2.75, 3.05) is 0 Å². The van der Waals surface area contributed by atoms with Crippen molar-refractivity contribution in [2.45, 2.75) is 106 Å². The molecule has 2 nitrogen and oxygen atoms in total. The first-order valence-electron chi connectivity index (χ1n) is 10.6. The second-order valence-corrected chi connectivity index (χ2v) is 8.37. The van der Waals surface area contributed by atoms with Gasteiger partial charge in [0.25, 0.3) is 0 Å². The van der Waals surface area contributed by atoms with Gasteiger partial charge in [0.2, 0.25) is 0 Å². The molecule has 0 saturated carbocycles. The number of carboxylic acids is 1. The van der Waals surface area contributed by atoms with Crippen LogP contribution >= 0.6 is 0 Å². The van der Waals surface area contributed by atoms with Crippen LogP contribution in [-0.4, -0.2) is 58.7 Å². The number of rotatable bonds is 16. The third-order valence-electron chi connectivity index (χ3n) is 5.58. The fourth-order valence-corrected chi connectivity index (χ4v) is 3.16. The summed E-state index contributed by atoms with van der Waals surface area (Å²) in [6, 6.07) is 0. The normalized spacial score (nSPS) is 16.1. The molecule has 0 aliphatic heterocycles. The first kappa shape index (κ1) is 36.3. The molecule has 0 aromatic heterocycles. The molecule has 0 radical (unpaired) electrons. The van der Waals surface area contributed by atoms with E-state index < -0.39 is 72.4 Å². The highest BCUT2D eigenvalue weighted by Gasteiger charge is 2.95. The van der Waals surface area contributed by atoms with E-state index in [1.54, 1.807) is 6.92 Å². The number of hydrogen-bond acceptors (Lipinski definition) is 1. The zero-order valence-corrected chi connectivity index (χ0v) is 19.0. The van der Waals surface area contributed by atoms with Crippen LogP contribution in [0.25, 0.3) is 0 Å². The van der Waals surface area contributed by atoms with Gasteiger partial charge in [-0.15, -0.1) is 0 Å². The highest BCUT2D eigenvalue weighted by Crippen LogP contribution is 2.64. The van der Waals surface area contributed by atoms with E-state index in [1.807, 2.05) is 0 Å². The van der Waals surface area contributed by atoms with Crippen LogP contribution in [-0.2, 0) is 4.79 Å². The number of carboxylic acid groups (broad SMARTS) is 1. The summed E-state index contributed by atoms with van der Waals surface area (Å²) in [6.45, 7) is 1.80. The smallest absolute Gasteiger partial charge is 0.460 e. The topological polar surface area (TPSA) is 37.3 Å². The van der Waals surface area contributed by atoms with Gasteiger partial charge in [0.05, 0.1) is 0 Å². The second kappa shape index (κ2) is 11.4. The molecule has 0 bridgehead atoms. The van der Waals surface area contributed by atoms with Gasteiger partial charge in [0, 0.05) is 0 Å². The average molecular weight is 604 g/mol. The molecule has 0 spiro atoms. The van der Waals surface area contributed by atoms with Crippen molar-refractivity contribution >= 4 is 5.97 Å². The Bertz CT molecular complexity index is 789. The van der Waals surface area contributed by atoms with Gasteiger partial charge in [0.15, 0.2) is 0 Å². The van der Waals surface area contributed by atoms with Gasteiger partial charge in [0.1, 0.15) is 5.92 Å². The van der Waals surface area contributed by atoms with Gasteiger partial charge in [-0.1, -0.05) is 51.9 Å². The fourth-order valence-electron chi connectivity index (χ4n) is 3.16. The first-order chi connectivity index (χ1) is 16.6. The number of halogens is 17. The Morgan fingerprint density at radius 3 is 1.18 bits per heavy atom. The summed E-state index contributed by atoms with van der Waals surface area (Å²) < 4.78 is 227. The Labute approximate surface area is 203 Å².